The molecule has 0 aliphatic heterocycles. The van der Waals surface area contributed by atoms with Crippen molar-refractivity contribution in [2.45, 2.75) is 45.4 Å². The molecule has 19 heavy (non-hydrogen) atoms. The average molecular weight is 262 g/mol. The van der Waals surface area contributed by atoms with Crippen molar-refractivity contribution in [3.05, 3.63) is 35.9 Å². The molecule has 1 aromatic rings. The molecule has 0 saturated carbocycles. The van der Waals surface area contributed by atoms with Crippen molar-refractivity contribution in [3.63, 3.8) is 0 Å². The van der Waals surface area contributed by atoms with Gasteiger partial charge in [0.15, 0.2) is 0 Å². The van der Waals surface area contributed by atoms with E-state index >= 15 is 0 Å². The van der Waals surface area contributed by atoms with Gasteiger partial charge in [-0.25, -0.2) is 0 Å². The standard InChI is InChI=1S/C15H22N2O2/c1-2-3-4-5-9-12-14(18)16-17-15(19)13-10-7-6-8-11-13/h6-8,10-11H,2-5,9,12H2,1H3,(H,16,18)(H,17,19). The molecule has 0 fully saturated rings. The topological polar surface area (TPSA) is 58.2 Å². The van der Waals surface area contributed by atoms with E-state index in [1.165, 1.54) is 19.3 Å². The summed E-state index contributed by atoms with van der Waals surface area (Å²) in [6.45, 7) is 2.16. The van der Waals surface area contributed by atoms with Crippen LogP contribution in [0.5, 0.6) is 0 Å². The van der Waals surface area contributed by atoms with Crippen LogP contribution in [-0.4, -0.2) is 11.8 Å². The van der Waals surface area contributed by atoms with Gasteiger partial charge in [-0.3, -0.25) is 20.4 Å². The highest BCUT2D eigenvalue weighted by molar-refractivity contribution is 5.95. The Bertz CT molecular complexity index is 390. The Morgan fingerprint density at radius 1 is 0.947 bits per heavy atom. The molecule has 0 aromatic heterocycles. The van der Waals surface area contributed by atoms with Gasteiger partial charge in [0, 0.05) is 12.0 Å². The molecule has 0 atom stereocenters. The molecule has 1 aromatic carbocycles. The van der Waals surface area contributed by atoms with E-state index < -0.39 is 0 Å². The summed E-state index contributed by atoms with van der Waals surface area (Å²) >= 11 is 0. The molecule has 0 saturated heterocycles. The van der Waals surface area contributed by atoms with Crippen molar-refractivity contribution >= 4 is 11.8 Å². The van der Waals surface area contributed by atoms with Gasteiger partial charge in [0.05, 0.1) is 0 Å². The highest BCUT2D eigenvalue weighted by Gasteiger charge is 2.06. The molecule has 0 unspecified atom stereocenters. The fourth-order valence-electron chi connectivity index (χ4n) is 1.74. The molecule has 2 amide bonds. The molecule has 1 rings (SSSR count). The van der Waals surface area contributed by atoms with Crippen molar-refractivity contribution in [2.24, 2.45) is 0 Å². The Morgan fingerprint density at radius 3 is 2.32 bits per heavy atom. The molecule has 0 heterocycles. The summed E-state index contributed by atoms with van der Waals surface area (Å²) in [6.07, 6.45) is 5.96. The van der Waals surface area contributed by atoms with E-state index in [4.69, 9.17) is 0 Å². The van der Waals surface area contributed by atoms with E-state index in [1.54, 1.807) is 24.3 Å². The maximum absolute atomic E-state index is 11.6. The fraction of sp³-hybridized carbons (Fsp3) is 0.467. The zero-order valence-corrected chi connectivity index (χ0v) is 11.4. The molecule has 0 radical (unpaired) electrons. The Hall–Kier alpha value is -1.84. The van der Waals surface area contributed by atoms with Gasteiger partial charge in [-0.05, 0) is 18.6 Å². The lowest BCUT2D eigenvalue weighted by molar-refractivity contribution is -0.122. The van der Waals surface area contributed by atoms with Crippen LogP contribution in [0.15, 0.2) is 30.3 Å². The Balaban J connectivity index is 2.15. The Kier molecular flexibility index (Phi) is 7.32. The third kappa shape index (κ3) is 6.60. The summed E-state index contributed by atoms with van der Waals surface area (Å²) in [5, 5.41) is 0. The number of carbonyl (C=O) groups excluding carboxylic acids is 2. The number of hydrazine groups is 1. The third-order valence-electron chi connectivity index (χ3n) is 2.86. The van der Waals surface area contributed by atoms with E-state index in [0.29, 0.717) is 12.0 Å². The van der Waals surface area contributed by atoms with Gasteiger partial charge in [-0.1, -0.05) is 50.8 Å². The molecule has 0 bridgehead atoms. The van der Waals surface area contributed by atoms with Gasteiger partial charge in [0.1, 0.15) is 0 Å². The van der Waals surface area contributed by atoms with E-state index in [0.717, 1.165) is 12.8 Å². The quantitative estimate of drug-likeness (QED) is 0.586. The van der Waals surface area contributed by atoms with Gasteiger partial charge in [-0.2, -0.15) is 0 Å². The van der Waals surface area contributed by atoms with Crippen LogP contribution >= 0.6 is 0 Å². The number of hydrogen-bond donors (Lipinski definition) is 2. The molecule has 0 spiro atoms. The van der Waals surface area contributed by atoms with Gasteiger partial charge in [-0.15, -0.1) is 0 Å². The molecule has 4 nitrogen and oxygen atoms in total. The number of nitrogens with one attached hydrogen (secondary N) is 2. The average Bonchev–Trinajstić information content (AvgIpc) is 2.45. The first-order valence-corrected chi connectivity index (χ1v) is 6.88. The maximum atomic E-state index is 11.6. The van der Waals surface area contributed by atoms with Gasteiger partial charge in [0.25, 0.3) is 5.91 Å². The van der Waals surface area contributed by atoms with Crippen molar-refractivity contribution in [1.82, 2.24) is 10.9 Å². The molecule has 104 valence electrons. The normalized spacial score (nSPS) is 9.95. The van der Waals surface area contributed by atoms with E-state index in [2.05, 4.69) is 17.8 Å². The first-order valence-electron chi connectivity index (χ1n) is 6.88. The number of hydrogen-bond acceptors (Lipinski definition) is 2. The van der Waals surface area contributed by atoms with E-state index in [1.807, 2.05) is 6.07 Å². The fourth-order valence-corrected chi connectivity index (χ4v) is 1.74. The highest BCUT2D eigenvalue weighted by Crippen LogP contribution is 2.04. The number of carbonyl (C=O) groups is 2. The number of rotatable bonds is 7. The second-order valence-corrected chi connectivity index (χ2v) is 4.53. The SMILES string of the molecule is CCCCCCCC(=O)NNC(=O)c1ccccc1. The number of benzene rings is 1. The largest absolute Gasteiger partial charge is 0.273 e. The monoisotopic (exact) mass is 262 g/mol. The molecule has 0 aliphatic rings. The minimum Gasteiger partial charge on any atom is -0.273 e. The van der Waals surface area contributed by atoms with E-state index in [9.17, 15) is 9.59 Å². The molecule has 0 aliphatic carbocycles. The van der Waals surface area contributed by atoms with Crippen molar-refractivity contribution < 1.29 is 9.59 Å². The lowest BCUT2D eigenvalue weighted by atomic mass is 10.1. The van der Waals surface area contributed by atoms with Crippen LogP contribution in [0, 0.1) is 0 Å². The highest BCUT2D eigenvalue weighted by atomic mass is 16.2. The van der Waals surface area contributed by atoms with Crippen LogP contribution in [0.3, 0.4) is 0 Å². The first-order chi connectivity index (χ1) is 9.24. The molecule has 4 heteroatoms. The van der Waals surface area contributed by atoms with Crippen LogP contribution < -0.4 is 10.9 Å². The predicted octanol–water partition coefficient (Wildman–Crippen LogP) is 2.81. The molecule has 2 N–H and O–H groups in total. The zero-order chi connectivity index (χ0) is 13.9. The maximum Gasteiger partial charge on any atom is 0.269 e. The van der Waals surface area contributed by atoms with Gasteiger partial charge in [0.2, 0.25) is 5.91 Å². The summed E-state index contributed by atoms with van der Waals surface area (Å²) in [7, 11) is 0. The second kappa shape index (κ2) is 9.14. The van der Waals surface area contributed by atoms with Crippen LogP contribution in [-0.2, 0) is 4.79 Å². The lowest BCUT2D eigenvalue weighted by Crippen LogP contribution is -2.41. The summed E-state index contributed by atoms with van der Waals surface area (Å²) in [4.78, 5) is 23.1. The minimum absolute atomic E-state index is 0.138. The Labute approximate surface area is 114 Å². The van der Waals surface area contributed by atoms with Crippen LogP contribution in [0.4, 0.5) is 0 Å². The number of amides is 2. The smallest absolute Gasteiger partial charge is 0.269 e. The summed E-state index contributed by atoms with van der Waals surface area (Å²) in [6, 6.07) is 8.80. The van der Waals surface area contributed by atoms with Gasteiger partial charge < -0.3 is 0 Å². The van der Waals surface area contributed by atoms with Crippen molar-refractivity contribution in [2.75, 3.05) is 0 Å². The van der Waals surface area contributed by atoms with E-state index in [-0.39, 0.29) is 11.8 Å². The summed E-state index contributed by atoms with van der Waals surface area (Å²) < 4.78 is 0. The zero-order valence-electron chi connectivity index (χ0n) is 11.4. The third-order valence-corrected chi connectivity index (χ3v) is 2.86. The van der Waals surface area contributed by atoms with Crippen LogP contribution in [0.25, 0.3) is 0 Å². The summed E-state index contributed by atoms with van der Waals surface area (Å²) in [5.41, 5.74) is 5.38. The van der Waals surface area contributed by atoms with Crippen LogP contribution in [0.1, 0.15) is 55.8 Å². The Morgan fingerprint density at radius 2 is 1.63 bits per heavy atom. The van der Waals surface area contributed by atoms with Crippen molar-refractivity contribution in [3.8, 4) is 0 Å². The number of unbranched alkanes of at least 4 members (excludes halogenated alkanes) is 4. The van der Waals surface area contributed by atoms with Crippen LogP contribution in [0.2, 0.25) is 0 Å². The summed E-state index contributed by atoms with van der Waals surface area (Å²) in [5.74, 6) is -0.430. The lowest BCUT2D eigenvalue weighted by Gasteiger charge is -2.07. The first kappa shape index (κ1) is 15.2. The van der Waals surface area contributed by atoms with Crippen molar-refractivity contribution in [1.29, 1.82) is 0 Å². The predicted molar refractivity (Wildman–Crippen MR) is 75.4 cm³/mol. The second-order valence-electron chi connectivity index (χ2n) is 4.53. The minimum atomic E-state index is -0.292. The molecular formula is C15H22N2O2. The van der Waals surface area contributed by atoms with Gasteiger partial charge >= 0.3 is 0 Å². The molecular weight excluding hydrogens is 240 g/mol.